The molecule has 0 aliphatic carbocycles. The van der Waals surface area contributed by atoms with Gasteiger partial charge in [0.05, 0.1) is 0 Å². The van der Waals surface area contributed by atoms with Crippen molar-refractivity contribution in [2.75, 3.05) is 13.6 Å². The van der Waals surface area contributed by atoms with Crippen molar-refractivity contribution in [3.8, 4) is 0 Å². The molecule has 0 spiro atoms. The molecule has 0 saturated heterocycles. The minimum atomic E-state index is 0.774. The van der Waals surface area contributed by atoms with Crippen LogP contribution in [0.15, 0.2) is 24.3 Å². The minimum Gasteiger partial charge on any atom is -0.319 e. The quantitative estimate of drug-likeness (QED) is 0.726. The van der Waals surface area contributed by atoms with Gasteiger partial charge in [-0.15, -0.1) is 0 Å². The summed E-state index contributed by atoms with van der Waals surface area (Å²) in [6.45, 7) is 7.91. The lowest BCUT2D eigenvalue weighted by atomic mass is 9.92. The van der Waals surface area contributed by atoms with Gasteiger partial charge in [-0.1, -0.05) is 56.5 Å². The van der Waals surface area contributed by atoms with E-state index in [0.29, 0.717) is 0 Å². The van der Waals surface area contributed by atoms with E-state index in [9.17, 15) is 0 Å². The van der Waals surface area contributed by atoms with Crippen molar-refractivity contribution in [3.63, 3.8) is 0 Å². The second kappa shape index (κ2) is 8.31. The maximum absolute atomic E-state index is 3.34. The van der Waals surface area contributed by atoms with Crippen LogP contribution in [0.5, 0.6) is 0 Å². The van der Waals surface area contributed by atoms with Crippen molar-refractivity contribution in [1.29, 1.82) is 0 Å². The predicted molar refractivity (Wildman–Crippen MR) is 81.0 cm³/mol. The topological polar surface area (TPSA) is 12.0 Å². The van der Waals surface area contributed by atoms with Gasteiger partial charge in [0.15, 0.2) is 0 Å². The highest BCUT2D eigenvalue weighted by Crippen LogP contribution is 2.17. The average Bonchev–Trinajstić information content (AvgIpc) is 2.32. The van der Waals surface area contributed by atoms with Gasteiger partial charge in [-0.05, 0) is 50.8 Å². The molecule has 18 heavy (non-hydrogen) atoms. The van der Waals surface area contributed by atoms with Crippen molar-refractivity contribution in [3.05, 3.63) is 35.4 Å². The third kappa shape index (κ3) is 6.20. The van der Waals surface area contributed by atoms with E-state index in [2.05, 4.69) is 57.4 Å². The van der Waals surface area contributed by atoms with Crippen molar-refractivity contribution in [2.24, 2.45) is 11.8 Å². The molecule has 1 aromatic rings. The Kier molecular flexibility index (Phi) is 7.04. The molecule has 0 amide bonds. The van der Waals surface area contributed by atoms with Crippen LogP contribution in [0, 0.1) is 18.8 Å². The lowest BCUT2D eigenvalue weighted by Gasteiger charge is -2.17. The van der Waals surface area contributed by atoms with Gasteiger partial charge in [0.25, 0.3) is 0 Å². The highest BCUT2D eigenvalue weighted by molar-refractivity contribution is 5.21. The van der Waals surface area contributed by atoms with Gasteiger partial charge in [0, 0.05) is 0 Å². The number of benzene rings is 1. The molecular formula is C17H29N. The zero-order chi connectivity index (χ0) is 13.4. The summed E-state index contributed by atoms with van der Waals surface area (Å²) in [4.78, 5) is 0. The summed E-state index contributed by atoms with van der Waals surface area (Å²) in [6.07, 6.45) is 5.26. The molecule has 0 heterocycles. The van der Waals surface area contributed by atoms with Crippen LogP contribution in [0.25, 0.3) is 0 Å². The van der Waals surface area contributed by atoms with Crippen LogP contribution >= 0.6 is 0 Å². The van der Waals surface area contributed by atoms with Crippen LogP contribution in [-0.2, 0) is 6.42 Å². The minimum absolute atomic E-state index is 0.774. The zero-order valence-corrected chi connectivity index (χ0v) is 12.5. The van der Waals surface area contributed by atoms with Gasteiger partial charge in [-0.25, -0.2) is 0 Å². The molecule has 102 valence electrons. The largest absolute Gasteiger partial charge is 0.319 e. The first-order valence-corrected chi connectivity index (χ1v) is 7.32. The molecular weight excluding hydrogens is 218 g/mol. The molecule has 1 heteroatoms. The van der Waals surface area contributed by atoms with Crippen molar-refractivity contribution < 1.29 is 0 Å². The van der Waals surface area contributed by atoms with Gasteiger partial charge < -0.3 is 5.32 Å². The zero-order valence-electron chi connectivity index (χ0n) is 12.5. The molecule has 1 nitrogen and oxygen atoms in total. The fourth-order valence-corrected chi connectivity index (χ4v) is 2.44. The van der Waals surface area contributed by atoms with Gasteiger partial charge in [0.2, 0.25) is 0 Å². The molecule has 1 N–H and O–H groups in total. The van der Waals surface area contributed by atoms with Crippen LogP contribution in [0.3, 0.4) is 0 Å². The Morgan fingerprint density at radius 1 is 1.06 bits per heavy atom. The normalized spacial score (nSPS) is 12.9. The smallest absolute Gasteiger partial charge is 0.00203 e. The highest BCUT2D eigenvalue weighted by atomic mass is 14.8. The molecule has 0 aliphatic heterocycles. The first-order valence-electron chi connectivity index (χ1n) is 7.32. The summed E-state index contributed by atoms with van der Waals surface area (Å²) >= 11 is 0. The molecule has 1 unspecified atom stereocenters. The lowest BCUT2D eigenvalue weighted by Crippen LogP contribution is -2.21. The third-order valence-corrected chi connectivity index (χ3v) is 3.53. The molecule has 1 atom stereocenters. The molecule has 1 aromatic carbocycles. The summed E-state index contributed by atoms with van der Waals surface area (Å²) < 4.78 is 0. The Labute approximate surface area is 113 Å². The van der Waals surface area contributed by atoms with E-state index < -0.39 is 0 Å². The number of rotatable bonds is 8. The first kappa shape index (κ1) is 15.2. The Morgan fingerprint density at radius 2 is 1.72 bits per heavy atom. The molecule has 0 aliphatic rings. The fourth-order valence-electron chi connectivity index (χ4n) is 2.44. The Bertz CT molecular complexity index is 313. The number of aryl methyl sites for hydroxylation is 1. The molecule has 0 fully saturated rings. The highest BCUT2D eigenvalue weighted by Gasteiger charge is 2.09. The SMILES string of the molecule is CNCC(CCCC(C)C)Cc1ccc(C)cc1. The average molecular weight is 247 g/mol. The third-order valence-electron chi connectivity index (χ3n) is 3.53. The van der Waals surface area contributed by atoms with Gasteiger partial charge in [0.1, 0.15) is 0 Å². The van der Waals surface area contributed by atoms with E-state index in [0.717, 1.165) is 18.4 Å². The second-order valence-corrected chi connectivity index (χ2v) is 5.94. The molecule has 0 bridgehead atoms. The second-order valence-electron chi connectivity index (χ2n) is 5.94. The van der Waals surface area contributed by atoms with Crippen LogP contribution in [0.4, 0.5) is 0 Å². The Morgan fingerprint density at radius 3 is 2.28 bits per heavy atom. The molecule has 0 saturated carbocycles. The fraction of sp³-hybridized carbons (Fsp3) is 0.647. The summed E-state index contributed by atoms with van der Waals surface area (Å²) in [5, 5.41) is 3.34. The van der Waals surface area contributed by atoms with Crippen molar-refractivity contribution in [2.45, 2.75) is 46.5 Å². The number of nitrogens with one attached hydrogen (secondary N) is 1. The standard InChI is InChI=1S/C17H29N/c1-14(2)6-5-7-17(13-18-4)12-16-10-8-15(3)9-11-16/h8-11,14,17-18H,5-7,12-13H2,1-4H3. The number of hydrogen-bond acceptors (Lipinski definition) is 1. The Hall–Kier alpha value is -0.820. The molecule has 0 radical (unpaired) electrons. The maximum atomic E-state index is 3.34. The lowest BCUT2D eigenvalue weighted by molar-refractivity contribution is 0.417. The summed E-state index contributed by atoms with van der Waals surface area (Å²) in [5.41, 5.74) is 2.83. The van der Waals surface area contributed by atoms with Crippen molar-refractivity contribution >= 4 is 0 Å². The monoisotopic (exact) mass is 247 g/mol. The van der Waals surface area contributed by atoms with E-state index in [4.69, 9.17) is 0 Å². The van der Waals surface area contributed by atoms with Crippen LogP contribution in [-0.4, -0.2) is 13.6 Å². The molecule has 1 rings (SSSR count). The van der Waals surface area contributed by atoms with E-state index in [1.165, 1.54) is 36.8 Å². The van der Waals surface area contributed by atoms with Crippen molar-refractivity contribution in [1.82, 2.24) is 5.32 Å². The predicted octanol–water partition coefficient (Wildman–Crippen LogP) is 4.20. The maximum Gasteiger partial charge on any atom is -0.00203 e. The van der Waals surface area contributed by atoms with E-state index in [-0.39, 0.29) is 0 Å². The van der Waals surface area contributed by atoms with E-state index in [1.807, 2.05) is 0 Å². The molecule has 0 aromatic heterocycles. The Balaban J connectivity index is 2.43. The summed E-state index contributed by atoms with van der Waals surface area (Å²) in [5.74, 6) is 1.61. The van der Waals surface area contributed by atoms with Gasteiger partial charge in [-0.2, -0.15) is 0 Å². The number of hydrogen-bond donors (Lipinski definition) is 1. The van der Waals surface area contributed by atoms with Crippen LogP contribution in [0.2, 0.25) is 0 Å². The van der Waals surface area contributed by atoms with Crippen LogP contribution in [0.1, 0.15) is 44.2 Å². The first-order chi connectivity index (χ1) is 8.61. The van der Waals surface area contributed by atoms with Crippen LogP contribution < -0.4 is 5.32 Å². The summed E-state index contributed by atoms with van der Waals surface area (Å²) in [7, 11) is 2.06. The van der Waals surface area contributed by atoms with E-state index >= 15 is 0 Å². The van der Waals surface area contributed by atoms with Gasteiger partial charge >= 0.3 is 0 Å². The van der Waals surface area contributed by atoms with E-state index in [1.54, 1.807) is 0 Å². The summed E-state index contributed by atoms with van der Waals surface area (Å²) in [6, 6.07) is 9.00. The van der Waals surface area contributed by atoms with Gasteiger partial charge in [-0.3, -0.25) is 0 Å².